The lowest BCUT2D eigenvalue weighted by Gasteiger charge is -2.17. The number of rotatable bonds is 7. The van der Waals surface area contributed by atoms with Crippen LogP contribution in [0.15, 0.2) is 4.99 Å². The van der Waals surface area contributed by atoms with E-state index in [2.05, 4.69) is 48.2 Å². The summed E-state index contributed by atoms with van der Waals surface area (Å²) >= 11 is 0. The minimum atomic E-state index is 0.613. The highest BCUT2D eigenvalue weighted by atomic mass is 15.2. The summed E-state index contributed by atoms with van der Waals surface area (Å²) in [4.78, 5) is 7.18. The Morgan fingerprint density at radius 1 is 1.32 bits per heavy atom. The van der Waals surface area contributed by atoms with Crippen LogP contribution in [0.5, 0.6) is 0 Å². The average Bonchev–Trinajstić information content (AvgIpc) is 2.81. The molecule has 1 heterocycles. The Labute approximate surface area is 119 Å². The maximum Gasteiger partial charge on any atom is 0.191 e. The van der Waals surface area contributed by atoms with E-state index in [-0.39, 0.29) is 0 Å². The van der Waals surface area contributed by atoms with E-state index >= 15 is 0 Å². The number of hydrogen-bond acceptors (Lipinski definition) is 2. The van der Waals surface area contributed by atoms with E-state index in [0.717, 1.165) is 31.5 Å². The van der Waals surface area contributed by atoms with Crippen LogP contribution in [-0.2, 0) is 0 Å². The van der Waals surface area contributed by atoms with Gasteiger partial charge in [-0.1, -0.05) is 20.8 Å². The fraction of sp³-hybridized carbons (Fsp3) is 0.933. The van der Waals surface area contributed by atoms with E-state index in [1.807, 2.05) is 0 Å². The van der Waals surface area contributed by atoms with Gasteiger partial charge in [-0.2, -0.15) is 0 Å². The highest BCUT2D eigenvalue weighted by Crippen LogP contribution is 2.15. The first-order chi connectivity index (χ1) is 9.15. The van der Waals surface area contributed by atoms with Crippen LogP contribution in [0.25, 0.3) is 0 Å². The van der Waals surface area contributed by atoms with Crippen molar-refractivity contribution in [3.63, 3.8) is 0 Å². The quantitative estimate of drug-likeness (QED) is 0.547. The van der Waals surface area contributed by atoms with Crippen LogP contribution in [0, 0.1) is 11.8 Å². The van der Waals surface area contributed by atoms with E-state index < -0.39 is 0 Å². The molecule has 19 heavy (non-hydrogen) atoms. The molecule has 0 aromatic heterocycles. The van der Waals surface area contributed by atoms with Crippen LogP contribution < -0.4 is 10.6 Å². The third-order valence-electron chi connectivity index (χ3n) is 3.43. The normalized spacial score (nSPS) is 21.1. The lowest BCUT2D eigenvalue weighted by molar-refractivity contribution is 0.324. The van der Waals surface area contributed by atoms with Gasteiger partial charge in [0, 0.05) is 26.2 Å². The maximum absolute atomic E-state index is 4.61. The van der Waals surface area contributed by atoms with Crippen LogP contribution >= 0.6 is 0 Å². The molecule has 1 aliphatic heterocycles. The predicted octanol–water partition coefficient (Wildman–Crippen LogP) is 1.93. The Balaban J connectivity index is 2.30. The van der Waals surface area contributed by atoms with Gasteiger partial charge in [0.2, 0.25) is 0 Å². The third kappa shape index (κ3) is 6.81. The number of nitrogens with zero attached hydrogens (tertiary/aromatic N) is 2. The van der Waals surface area contributed by atoms with Gasteiger partial charge in [0.05, 0.1) is 0 Å². The Kier molecular flexibility index (Phi) is 7.87. The lowest BCUT2D eigenvalue weighted by atomic mass is 10.1. The summed E-state index contributed by atoms with van der Waals surface area (Å²) in [7, 11) is 0. The molecule has 1 rings (SSSR count). The summed E-state index contributed by atoms with van der Waals surface area (Å²) in [5.41, 5.74) is 0. The minimum absolute atomic E-state index is 0.613. The zero-order valence-corrected chi connectivity index (χ0v) is 13.2. The van der Waals surface area contributed by atoms with Gasteiger partial charge in [0.1, 0.15) is 0 Å². The summed E-state index contributed by atoms with van der Waals surface area (Å²) in [5, 5.41) is 6.82. The average molecular weight is 268 g/mol. The van der Waals surface area contributed by atoms with Crippen molar-refractivity contribution in [1.29, 1.82) is 0 Å². The second-order valence-electron chi connectivity index (χ2n) is 5.95. The van der Waals surface area contributed by atoms with Gasteiger partial charge in [0.15, 0.2) is 5.96 Å². The first kappa shape index (κ1) is 16.3. The Morgan fingerprint density at radius 2 is 2.11 bits per heavy atom. The molecular formula is C15H32N4. The van der Waals surface area contributed by atoms with Gasteiger partial charge in [-0.05, 0) is 44.7 Å². The van der Waals surface area contributed by atoms with Crippen LogP contribution in [0.1, 0.15) is 40.5 Å². The molecule has 4 nitrogen and oxygen atoms in total. The fourth-order valence-corrected chi connectivity index (χ4v) is 2.46. The monoisotopic (exact) mass is 268 g/mol. The molecule has 112 valence electrons. The molecule has 1 atom stereocenters. The molecule has 0 radical (unpaired) electrons. The number of nitrogens with one attached hydrogen (secondary N) is 2. The van der Waals surface area contributed by atoms with Crippen molar-refractivity contribution in [2.75, 3.05) is 39.3 Å². The molecule has 0 saturated carbocycles. The van der Waals surface area contributed by atoms with E-state index in [0.29, 0.717) is 5.92 Å². The molecule has 0 amide bonds. The second-order valence-corrected chi connectivity index (χ2v) is 5.95. The van der Waals surface area contributed by atoms with Gasteiger partial charge in [-0.15, -0.1) is 0 Å². The highest BCUT2D eigenvalue weighted by molar-refractivity contribution is 5.79. The first-order valence-electron chi connectivity index (χ1n) is 7.90. The molecule has 0 aromatic rings. The minimum Gasteiger partial charge on any atom is -0.357 e. The van der Waals surface area contributed by atoms with Crippen molar-refractivity contribution in [1.82, 2.24) is 15.5 Å². The smallest absolute Gasteiger partial charge is 0.191 e. The van der Waals surface area contributed by atoms with Gasteiger partial charge in [-0.25, -0.2) is 0 Å². The standard InChI is InChI=1S/C15H32N4/c1-5-8-19-9-7-14(12-19)11-18-15(16-6-2)17-10-13(3)4/h13-14H,5-12H2,1-4H3,(H2,16,17,18). The van der Waals surface area contributed by atoms with E-state index in [1.165, 1.54) is 32.5 Å². The maximum atomic E-state index is 4.61. The van der Waals surface area contributed by atoms with Crippen LogP contribution in [0.4, 0.5) is 0 Å². The molecular weight excluding hydrogens is 236 g/mol. The van der Waals surface area contributed by atoms with Gasteiger partial charge >= 0.3 is 0 Å². The number of likely N-dealkylation sites (tertiary alicyclic amines) is 1. The molecule has 1 aliphatic rings. The molecule has 4 heteroatoms. The molecule has 0 aliphatic carbocycles. The molecule has 2 N–H and O–H groups in total. The lowest BCUT2D eigenvalue weighted by Crippen LogP contribution is -2.40. The topological polar surface area (TPSA) is 39.7 Å². The number of aliphatic imine (C=N–C) groups is 1. The van der Waals surface area contributed by atoms with Crippen molar-refractivity contribution >= 4 is 5.96 Å². The van der Waals surface area contributed by atoms with E-state index in [9.17, 15) is 0 Å². The first-order valence-corrected chi connectivity index (χ1v) is 7.90. The number of guanidine groups is 1. The molecule has 0 aromatic carbocycles. The van der Waals surface area contributed by atoms with E-state index in [4.69, 9.17) is 0 Å². The number of hydrogen-bond donors (Lipinski definition) is 2. The van der Waals surface area contributed by atoms with Crippen molar-refractivity contribution < 1.29 is 0 Å². The van der Waals surface area contributed by atoms with Gasteiger partial charge in [0.25, 0.3) is 0 Å². The predicted molar refractivity (Wildman–Crippen MR) is 83.7 cm³/mol. The summed E-state index contributed by atoms with van der Waals surface area (Å²) in [5.74, 6) is 2.36. The van der Waals surface area contributed by atoms with Crippen LogP contribution in [-0.4, -0.2) is 50.1 Å². The van der Waals surface area contributed by atoms with Crippen molar-refractivity contribution in [2.45, 2.75) is 40.5 Å². The van der Waals surface area contributed by atoms with E-state index in [1.54, 1.807) is 0 Å². The Bertz CT molecular complexity index is 263. The molecule has 1 saturated heterocycles. The second kappa shape index (κ2) is 9.18. The van der Waals surface area contributed by atoms with Gasteiger partial charge < -0.3 is 15.5 Å². The summed E-state index contributed by atoms with van der Waals surface area (Å²) < 4.78 is 0. The van der Waals surface area contributed by atoms with Crippen LogP contribution in [0.3, 0.4) is 0 Å². The van der Waals surface area contributed by atoms with Crippen molar-refractivity contribution in [3.05, 3.63) is 0 Å². The zero-order valence-electron chi connectivity index (χ0n) is 13.2. The van der Waals surface area contributed by atoms with Crippen molar-refractivity contribution in [3.8, 4) is 0 Å². The molecule has 0 spiro atoms. The largest absolute Gasteiger partial charge is 0.357 e. The summed E-state index contributed by atoms with van der Waals surface area (Å²) in [6, 6.07) is 0. The third-order valence-corrected chi connectivity index (χ3v) is 3.43. The Morgan fingerprint density at radius 3 is 2.74 bits per heavy atom. The summed E-state index contributed by atoms with van der Waals surface area (Å²) in [6.07, 6.45) is 2.58. The SMILES string of the molecule is CCCN1CCC(CNC(=NCC(C)C)NCC)C1. The zero-order chi connectivity index (χ0) is 14.1. The molecule has 1 unspecified atom stereocenters. The fourth-order valence-electron chi connectivity index (χ4n) is 2.46. The molecule has 1 fully saturated rings. The summed E-state index contributed by atoms with van der Waals surface area (Å²) in [6.45, 7) is 15.4. The van der Waals surface area contributed by atoms with Crippen LogP contribution in [0.2, 0.25) is 0 Å². The highest BCUT2D eigenvalue weighted by Gasteiger charge is 2.21. The molecule has 0 bridgehead atoms. The van der Waals surface area contributed by atoms with Crippen molar-refractivity contribution in [2.24, 2.45) is 16.8 Å². The van der Waals surface area contributed by atoms with Gasteiger partial charge in [-0.3, -0.25) is 4.99 Å². The Hall–Kier alpha value is -0.770.